The van der Waals surface area contributed by atoms with Crippen LogP contribution in [0.25, 0.3) is 0 Å². The maximum atomic E-state index is 11.9. The van der Waals surface area contributed by atoms with Crippen molar-refractivity contribution in [1.29, 1.82) is 0 Å². The van der Waals surface area contributed by atoms with Crippen molar-refractivity contribution in [3.05, 3.63) is 45.5 Å². The molecule has 0 radical (unpaired) electrons. The van der Waals surface area contributed by atoms with E-state index in [4.69, 9.17) is 9.52 Å². The number of aryl methyl sites for hydroxylation is 2. The average Bonchev–Trinajstić information content (AvgIpc) is 2.69. The summed E-state index contributed by atoms with van der Waals surface area (Å²) in [4.78, 5) is 22.8. The first-order valence-corrected chi connectivity index (χ1v) is 5.21. The highest BCUT2D eigenvalue weighted by molar-refractivity contribution is 5.87. The van der Waals surface area contributed by atoms with Crippen molar-refractivity contribution in [2.45, 2.75) is 20.4 Å². The Morgan fingerprint density at radius 3 is 2.67 bits per heavy atom. The van der Waals surface area contributed by atoms with E-state index in [1.165, 1.54) is 10.6 Å². The summed E-state index contributed by atoms with van der Waals surface area (Å²) in [6.07, 6.45) is 0. The summed E-state index contributed by atoms with van der Waals surface area (Å²) in [7, 11) is 0. The molecule has 0 bridgehead atoms. The fourth-order valence-electron chi connectivity index (χ4n) is 1.57. The van der Waals surface area contributed by atoms with E-state index in [0.717, 1.165) is 0 Å². The van der Waals surface area contributed by atoms with Crippen LogP contribution in [0.2, 0.25) is 0 Å². The molecule has 94 valence electrons. The molecule has 0 spiro atoms. The Hall–Kier alpha value is -2.44. The molecule has 0 aromatic carbocycles. The van der Waals surface area contributed by atoms with E-state index in [9.17, 15) is 9.59 Å². The number of aromatic nitrogens is 3. The Bertz CT molecular complexity index is 657. The lowest BCUT2D eigenvalue weighted by atomic mass is 10.2. The molecule has 2 heterocycles. The van der Waals surface area contributed by atoms with Crippen LogP contribution < -0.4 is 5.56 Å². The maximum absolute atomic E-state index is 11.9. The minimum atomic E-state index is -1.25. The molecule has 0 saturated heterocycles. The van der Waals surface area contributed by atoms with Gasteiger partial charge in [0, 0.05) is 12.6 Å². The molecule has 0 atom stereocenters. The van der Waals surface area contributed by atoms with E-state index in [-0.39, 0.29) is 18.0 Å². The number of carbonyl (C=O) groups is 1. The molecular weight excluding hydrogens is 238 g/mol. The fourth-order valence-corrected chi connectivity index (χ4v) is 1.57. The SMILES string of the molecule is Cc1nnc(Cn2c(C)ccc(C(=O)O)c2=O)o1. The number of carboxylic acid groups (broad SMARTS) is 1. The first kappa shape index (κ1) is 12.0. The predicted molar refractivity (Wildman–Crippen MR) is 60.5 cm³/mol. The van der Waals surface area contributed by atoms with Gasteiger partial charge in [0.15, 0.2) is 0 Å². The van der Waals surface area contributed by atoms with Gasteiger partial charge in [-0.05, 0) is 19.1 Å². The number of hydrogen-bond acceptors (Lipinski definition) is 5. The molecule has 0 amide bonds. The van der Waals surface area contributed by atoms with Crippen LogP contribution in [-0.2, 0) is 6.54 Å². The second kappa shape index (κ2) is 4.44. The molecule has 2 aromatic rings. The van der Waals surface area contributed by atoms with Crippen molar-refractivity contribution in [2.24, 2.45) is 0 Å². The van der Waals surface area contributed by atoms with Gasteiger partial charge in [-0.2, -0.15) is 0 Å². The van der Waals surface area contributed by atoms with Crippen LogP contribution in [0.3, 0.4) is 0 Å². The number of rotatable bonds is 3. The fraction of sp³-hybridized carbons (Fsp3) is 0.273. The van der Waals surface area contributed by atoms with Crippen LogP contribution in [0.15, 0.2) is 21.3 Å². The Morgan fingerprint density at radius 1 is 1.39 bits per heavy atom. The number of carboxylic acids is 1. The summed E-state index contributed by atoms with van der Waals surface area (Å²) in [5.74, 6) is -0.596. The van der Waals surface area contributed by atoms with Crippen molar-refractivity contribution in [2.75, 3.05) is 0 Å². The molecule has 2 aromatic heterocycles. The van der Waals surface area contributed by atoms with Gasteiger partial charge in [0.2, 0.25) is 11.8 Å². The number of hydrogen-bond donors (Lipinski definition) is 1. The molecule has 0 saturated carbocycles. The molecule has 0 aliphatic rings. The highest BCUT2D eigenvalue weighted by atomic mass is 16.4. The van der Waals surface area contributed by atoms with Crippen LogP contribution in [0.1, 0.15) is 27.8 Å². The second-order valence-corrected chi connectivity index (χ2v) is 3.80. The van der Waals surface area contributed by atoms with Crippen molar-refractivity contribution in [1.82, 2.24) is 14.8 Å². The molecule has 7 heteroatoms. The Morgan fingerprint density at radius 2 is 2.11 bits per heavy atom. The summed E-state index contributed by atoms with van der Waals surface area (Å²) in [5, 5.41) is 16.3. The van der Waals surface area contributed by atoms with E-state index in [1.54, 1.807) is 19.9 Å². The topological polar surface area (TPSA) is 98.2 Å². The maximum Gasteiger partial charge on any atom is 0.341 e. The standard InChI is InChI=1S/C11H11N3O4/c1-6-3-4-8(11(16)17)10(15)14(6)5-9-13-12-7(2)18-9/h3-4H,5H2,1-2H3,(H,16,17). The van der Waals surface area contributed by atoms with Gasteiger partial charge in [-0.3, -0.25) is 4.79 Å². The highest BCUT2D eigenvalue weighted by Crippen LogP contribution is 2.04. The Balaban J connectivity index is 2.47. The van der Waals surface area contributed by atoms with Gasteiger partial charge in [-0.1, -0.05) is 0 Å². The van der Waals surface area contributed by atoms with Crippen LogP contribution in [0.4, 0.5) is 0 Å². The molecule has 0 aliphatic heterocycles. The zero-order valence-electron chi connectivity index (χ0n) is 9.88. The van der Waals surface area contributed by atoms with E-state index < -0.39 is 11.5 Å². The minimum Gasteiger partial charge on any atom is -0.477 e. The van der Waals surface area contributed by atoms with Crippen LogP contribution >= 0.6 is 0 Å². The Labute approximate surface area is 102 Å². The van der Waals surface area contributed by atoms with E-state index in [2.05, 4.69) is 10.2 Å². The summed E-state index contributed by atoms with van der Waals surface area (Å²) >= 11 is 0. The number of pyridine rings is 1. The lowest BCUT2D eigenvalue weighted by molar-refractivity contribution is 0.0694. The average molecular weight is 249 g/mol. The highest BCUT2D eigenvalue weighted by Gasteiger charge is 2.14. The predicted octanol–water partition coefficient (Wildman–Crippen LogP) is 0.595. The van der Waals surface area contributed by atoms with Gasteiger partial charge >= 0.3 is 5.97 Å². The molecular formula is C11H11N3O4. The van der Waals surface area contributed by atoms with Gasteiger partial charge in [0.1, 0.15) is 12.1 Å². The number of aromatic carboxylic acids is 1. The molecule has 1 N–H and O–H groups in total. The van der Waals surface area contributed by atoms with Gasteiger partial charge in [0.25, 0.3) is 5.56 Å². The summed E-state index contributed by atoms with van der Waals surface area (Å²) in [5.41, 5.74) is -0.240. The van der Waals surface area contributed by atoms with Crippen LogP contribution in [-0.4, -0.2) is 25.8 Å². The summed E-state index contributed by atoms with van der Waals surface area (Å²) < 4.78 is 6.46. The normalized spacial score (nSPS) is 10.6. The first-order chi connectivity index (χ1) is 8.49. The lowest BCUT2D eigenvalue weighted by Gasteiger charge is -2.07. The van der Waals surface area contributed by atoms with Crippen molar-refractivity contribution < 1.29 is 14.3 Å². The third-order valence-corrected chi connectivity index (χ3v) is 2.48. The molecule has 2 rings (SSSR count). The minimum absolute atomic E-state index is 0.0621. The molecule has 18 heavy (non-hydrogen) atoms. The molecule has 7 nitrogen and oxygen atoms in total. The smallest absolute Gasteiger partial charge is 0.341 e. The lowest BCUT2D eigenvalue weighted by Crippen LogP contribution is -2.28. The number of nitrogens with zero attached hydrogens (tertiary/aromatic N) is 3. The second-order valence-electron chi connectivity index (χ2n) is 3.80. The zero-order chi connectivity index (χ0) is 13.3. The van der Waals surface area contributed by atoms with E-state index >= 15 is 0 Å². The van der Waals surface area contributed by atoms with E-state index in [0.29, 0.717) is 11.6 Å². The van der Waals surface area contributed by atoms with Gasteiger partial charge in [0.05, 0.1) is 0 Å². The van der Waals surface area contributed by atoms with Gasteiger partial charge in [-0.25, -0.2) is 4.79 Å². The summed E-state index contributed by atoms with van der Waals surface area (Å²) in [6, 6.07) is 2.85. The quantitative estimate of drug-likeness (QED) is 0.855. The van der Waals surface area contributed by atoms with Crippen molar-refractivity contribution in [3.8, 4) is 0 Å². The van der Waals surface area contributed by atoms with E-state index in [1.807, 2.05) is 0 Å². The van der Waals surface area contributed by atoms with Crippen molar-refractivity contribution >= 4 is 5.97 Å². The van der Waals surface area contributed by atoms with Gasteiger partial charge < -0.3 is 14.1 Å². The van der Waals surface area contributed by atoms with Crippen LogP contribution in [0.5, 0.6) is 0 Å². The zero-order valence-corrected chi connectivity index (χ0v) is 9.88. The molecule has 0 unspecified atom stereocenters. The first-order valence-electron chi connectivity index (χ1n) is 5.21. The monoisotopic (exact) mass is 249 g/mol. The van der Waals surface area contributed by atoms with Crippen molar-refractivity contribution in [3.63, 3.8) is 0 Å². The molecule has 0 fully saturated rings. The Kier molecular flexibility index (Phi) is 2.97. The third-order valence-electron chi connectivity index (χ3n) is 2.48. The van der Waals surface area contributed by atoms with Crippen LogP contribution in [0, 0.1) is 13.8 Å². The largest absolute Gasteiger partial charge is 0.477 e. The van der Waals surface area contributed by atoms with Gasteiger partial charge in [-0.15, -0.1) is 10.2 Å². The molecule has 0 aliphatic carbocycles. The third kappa shape index (κ3) is 2.15. The summed E-state index contributed by atoms with van der Waals surface area (Å²) in [6.45, 7) is 3.41.